The molecule has 14 nitrogen and oxygen atoms in total. The van der Waals surface area contributed by atoms with Crippen molar-refractivity contribution in [1.82, 2.24) is 15.1 Å². The third kappa shape index (κ3) is 10.3. The number of allylic oxidation sites excluding steroid dienone is 5. The molecule has 58 heavy (non-hydrogen) atoms. The molecule has 1 aromatic carbocycles. The van der Waals surface area contributed by atoms with Gasteiger partial charge < -0.3 is 39.7 Å². The molecule has 1 aromatic rings. The van der Waals surface area contributed by atoms with E-state index in [0.717, 1.165) is 12.8 Å². The number of nitrogens with zero attached hydrogens (tertiary/aromatic N) is 2. The van der Waals surface area contributed by atoms with Crippen LogP contribution in [-0.4, -0.2) is 112 Å². The first-order chi connectivity index (χ1) is 27.2. The first-order valence-electron chi connectivity index (χ1n) is 20.1. The molecule has 0 aromatic heterocycles. The smallest absolute Gasteiger partial charge is 0.347 e. The molecule has 4 aliphatic rings. The summed E-state index contributed by atoms with van der Waals surface area (Å²) >= 11 is 0. The Morgan fingerprint density at radius 1 is 1.03 bits per heavy atom. The van der Waals surface area contributed by atoms with Crippen LogP contribution in [0.2, 0.25) is 0 Å². The lowest BCUT2D eigenvalue weighted by Crippen LogP contribution is -2.50. The number of ketones is 2. The largest absolute Gasteiger partial charge is 0.507 e. The Bertz CT molecular complexity index is 1880. The predicted molar refractivity (Wildman–Crippen MR) is 217 cm³/mol. The van der Waals surface area contributed by atoms with Crippen molar-refractivity contribution < 1.29 is 53.5 Å². The van der Waals surface area contributed by atoms with Gasteiger partial charge in [0.15, 0.2) is 0 Å². The van der Waals surface area contributed by atoms with E-state index in [1.54, 1.807) is 24.8 Å². The quantitative estimate of drug-likeness (QED) is 0.291. The zero-order valence-corrected chi connectivity index (χ0v) is 35.5. The maximum absolute atomic E-state index is 14.8. The number of benzene rings is 1. The van der Waals surface area contributed by atoms with Gasteiger partial charge in [-0.1, -0.05) is 52.8 Å². The number of Topliss-reactive ketones (excluding diaryl/α,β-unsaturated/α-hetero) is 2. The minimum Gasteiger partial charge on any atom is -0.507 e. The molecule has 4 N–H and O–H groups in total. The van der Waals surface area contributed by atoms with Crippen LogP contribution >= 0.6 is 0 Å². The van der Waals surface area contributed by atoms with Gasteiger partial charge in [0.05, 0.1) is 36.2 Å². The van der Waals surface area contributed by atoms with Crippen LogP contribution in [0.4, 0.5) is 0 Å². The molecule has 3 heterocycles. The number of hydrogen-bond acceptors (Lipinski definition) is 13. The predicted octanol–water partition coefficient (Wildman–Crippen LogP) is 5.00. The molecule has 1 fully saturated rings. The number of fused-ring (bicyclic) bond motifs is 16. The molecule has 1 aliphatic carbocycles. The van der Waals surface area contributed by atoms with E-state index in [1.807, 2.05) is 13.8 Å². The van der Waals surface area contributed by atoms with Gasteiger partial charge in [-0.25, -0.2) is 4.79 Å². The number of aliphatic hydroxyl groups excluding tert-OH is 1. The molecular weight excluding hydrogens is 746 g/mol. The number of hydrogen-bond donors (Lipinski definition) is 4. The number of phenols is 1. The number of esters is 2. The second-order valence-electron chi connectivity index (χ2n) is 16.6. The van der Waals surface area contributed by atoms with Crippen LogP contribution in [0.5, 0.6) is 11.5 Å². The van der Waals surface area contributed by atoms with Gasteiger partial charge in [0.25, 0.3) is 5.91 Å². The fourth-order valence-corrected chi connectivity index (χ4v) is 7.94. The number of rotatable bonds is 5. The number of aliphatic hydroxyl groups is 2. The van der Waals surface area contributed by atoms with Crippen LogP contribution in [0.25, 0.3) is 0 Å². The van der Waals surface area contributed by atoms with Crippen molar-refractivity contribution in [2.75, 3.05) is 39.8 Å². The van der Waals surface area contributed by atoms with Gasteiger partial charge in [-0.05, 0) is 63.9 Å². The summed E-state index contributed by atoms with van der Waals surface area (Å²) in [5.41, 5.74) is -2.91. The Balaban J connectivity index is 1.88. The van der Waals surface area contributed by atoms with Crippen molar-refractivity contribution in [3.8, 4) is 11.5 Å². The second-order valence-corrected chi connectivity index (χ2v) is 16.6. The lowest BCUT2D eigenvalue weighted by Gasteiger charge is -2.39. The number of methoxy groups -OCH3 is 1. The maximum atomic E-state index is 14.8. The van der Waals surface area contributed by atoms with Crippen molar-refractivity contribution in [3.63, 3.8) is 0 Å². The van der Waals surface area contributed by atoms with Crippen LogP contribution in [0, 0.1) is 30.6 Å². The first-order valence-corrected chi connectivity index (χ1v) is 20.1. The van der Waals surface area contributed by atoms with E-state index in [-0.39, 0.29) is 58.5 Å². The Hall–Kier alpha value is -4.79. The van der Waals surface area contributed by atoms with E-state index in [9.17, 15) is 39.3 Å². The summed E-state index contributed by atoms with van der Waals surface area (Å²) < 4.78 is 16.7. The zero-order valence-electron chi connectivity index (χ0n) is 35.5. The fourth-order valence-electron chi connectivity index (χ4n) is 7.94. The summed E-state index contributed by atoms with van der Waals surface area (Å²) in [5.74, 6) is -5.40. The monoisotopic (exact) mass is 807 g/mol. The number of piperazine rings is 1. The molecule has 0 radical (unpaired) electrons. The number of phenolic OH excluding ortho intramolecular Hbond substituents is 1. The number of aromatic hydroxyl groups is 1. The highest BCUT2D eigenvalue weighted by molar-refractivity contribution is 6.31. The number of carbonyl (C=O) groups is 5. The normalized spacial score (nSPS) is 29.3. The zero-order chi connectivity index (χ0) is 43.2. The van der Waals surface area contributed by atoms with Crippen LogP contribution in [0.15, 0.2) is 47.5 Å². The third-order valence-electron chi connectivity index (χ3n) is 11.5. The molecule has 4 unspecified atom stereocenters. The lowest BCUT2D eigenvalue weighted by atomic mass is 9.78. The Kier molecular flexibility index (Phi) is 15.3. The lowest BCUT2D eigenvalue weighted by molar-refractivity contribution is -0.152. The van der Waals surface area contributed by atoms with Gasteiger partial charge in [-0.2, -0.15) is 0 Å². The summed E-state index contributed by atoms with van der Waals surface area (Å²) in [4.78, 5) is 73.3. The van der Waals surface area contributed by atoms with E-state index in [1.165, 1.54) is 46.1 Å². The molecule has 6 atom stereocenters. The Labute approximate surface area is 341 Å². The molecule has 0 saturated carbocycles. The molecule has 1 amide bonds. The SMILES string of the molecule is COc1c(C)c(O)c2c3c1C(=O)O/C=C/CCC(OC(C)=O)[C@H](C)C(O)[C@H](C)CC(C)C(C)(O)/C=C/C=C(/C)C(=O)NC(=C(N1CCN(CC(C)C)CC1)C3=O)C2=O. The second kappa shape index (κ2) is 19.3. The van der Waals surface area contributed by atoms with Crippen molar-refractivity contribution in [1.29, 1.82) is 0 Å². The molecule has 318 valence electrons. The van der Waals surface area contributed by atoms with E-state index < -0.39 is 70.0 Å². The number of nitrogens with one attached hydrogen (secondary N) is 1. The highest BCUT2D eigenvalue weighted by Crippen LogP contribution is 2.43. The Morgan fingerprint density at radius 2 is 1.69 bits per heavy atom. The number of ether oxygens (including phenoxy) is 3. The van der Waals surface area contributed by atoms with E-state index in [4.69, 9.17) is 14.2 Å². The molecule has 3 aliphatic heterocycles. The molecule has 0 spiro atoms. The molecule has 5 rings (SSSR count). The van der Waals surface area contributed by atoms with Crippen molar-refractivity contribution in [3.05, 3.63) is 69.8 Å². The van der Waals surface area contributed by atoms with E-state index in [2.05, 4.69) is 24.1 Å². The molecular formula is C44H61N3O11. The number of amides is 1. The van der Waals surface area contributed by atoms with Gasteiger partial charge in [0, 0.05) is 56.7 Å². The van der Waals surface area contributed by atoms with Crippen molar-refractivity contribution in [2.24, 2.45) is 23.7 Å². The average Bonchev–Trinajstić information content (AvgIpc) is 3.15. The van der Waals surface area contributed by atoms with Crippen LogP contribution in [0.3, 0.4) is 0 Å². The Morgan fingerprint density at radius 3 is 2.29 bits per heavy atom. The summed E-state index contributed by atoms with van der Waals surface area (Å²) in [6.07, 6.45) is 6.56. The third-order valence-corrected chi connectivity index (χ3v) is 11.5. The van der Waals surface area contributed by atoms with Crippen LogP contribution in [0.1, 0.15) is 111 Å². The standard InChI is InChI=1S/C44H61N3O11/c1-24(2)23-46-17-19-47(20-18-46)36-35-39(51)33-32(40(36)52)34(41(56-10)29(7)38(33)50)43(54)57-21-12-11-15-31(58-30(8)48)28(6)37(49)26(4)22-27(5)44(9,55)16-13-14-25(3)42(53)45-35/h12-14,16,21,24,26-28,31,37,49-50,55H,11,15,17-20,22-23H2,1-10H3,(H,45,53)/b16-13+,21-12+,25-14-/t26-,27?,28+,31?,37?,44?/m1/s1. The van der Waals surface area contributed by atoms with Gasteiger partial charge in [0.1, 0.15) is 34.6 Å². The maximum Gasteiger partial charge on any atom is 0.347 e. The van der Waals surface area contributed by atoms with Gasteiger partial charge >= 0.3 is 11.9 Å². The summed E-state index contributed by atoms with van der Waals surface area (Å²) in [6.45, 7) is 18.2. The van der Waals surface area contributed by atoms with E-state index in [0.29, 0.717) is 38.5 Å². The average molecular weight is 808 g/mol. The van der Waals surface area contributed by atoms with Gasteiger partial charge in [-0.3, -0.25) is 24.1 Å². The van der Waals surface area contributed by atoms with Crippen molar-refractivity contribution in [2.45, 2.75) is 99.4 Å². The van der Waals surface area contributed by atoms with Crippen LogP contribution in [-0.2, 0) is 19.1 Å². The highest BCUT2D eigenvalue weighted by Gasteiger charge is 2.44. The molecule has 1 saturated heterocycles. The summed E-state index contributed by atoms with van der Waals surface area (Å²) in [5, 5.41) is 36.9. The van der Waals surface area contributed by atoms with Crippen molar-refractivity contribution >= 4 is 29.4 Å². The first kappa shape index (κ1) is 45.9. The minimum absolute atomic E-state index is 0.00434. The van der Waals surface area contributed by atoms with Gasteiger partial charge in [0.2, 0.25) is 11.6 Å². The minimum atomic E-state index is -1.35. The number of carbonyl (C=O) groups excluding carboxylic acids is 5. The van der Waals surface area contributed by atoms with E-state index >= 15 is 0 Å². The van der Waals surface area contributed by atoms with Crippen LogP contribution < -0.4 is 10.1 Å². The molecule has 14 heteroatoms. The van der Waals surface area contributed by atoms with Gasteiger partial charge in [-0.15, -0.1) is 0 Å². The molecule has 4 bridgehead atoms. The highest BCUT2D eigenvalue weighted by atomic mass is 16.5. The summed E-state index contributed by atoms with van der Waals surface area (Å²) in [6, 6.07) is 0. The topological polar surface area (TPSA) is 192 Å². The summed E-state index contributed by atoms with van der Waals surface area (Å²) in [7, 11) is 1.26. The fraction of sp³-hybridized carbons (Fsp3) is 0.568.